The lowest BCUT2D eigenvalue weighted by Crippen LogP contribution is -2.38. The van der Waals surface area contributed by atoms with Crippen molar-refractivity contribution in [1.82, 2.24) is 14.8 Å². The first-order chi connectivity index (χ1) is 15.5. The molecule has 1 fully saturated rings. The minimum Gasteiger partial charge on any atom is -0.360 e. The van der Waals surface area contributed by atoms with Crippen molar-refractivity contribution in [3.05, 3.63) is 120 Å². The van der Waals surface area contributed by atoms with E-state index in [1.54, 1.807) is 6.33 Å². The predicted octanol–water partition coefficient (Wildman–Crippen LogP) is 3.74. The van der Waals surface area contributed by atoms with Gasteiger partial charge in [-0.2, -0.15) is 5.10 Å². The van der Waals surface area contributed by atoms with Gasteiger partial charge in [-0.25, -0.2) is 9.67 Å². The molecule has 4 aromatic rings. The second kappa shape index (κ2) is 8.11. The van der Waals surface area contributed by atoms with Crippen LogP contribution in [0.2, 0.25) is 0 Å². The fourth-order valence-corrected chi connectivity index (χ4v) is 4.99. The van der Waals surface area contributed by atoms with Crippen LogP contribution < -0.4 is 0 Å². The minimum atomic E-state index is -4.17. The first kappa shape index (κ1) is 20.8. The zero-order valence-corrected chi connectivity index (χ0v) is 18.0. The molecule has 5 rings (SSSR count). The molecular formula is C24H22N3O4P. The molecule has 2 unspecified atom stereocenters. The third kappa shape index (κ3) is 3.80. The Morgan fingerprint density at radius 1 is 0.844 bits per heavy atom. The maximum absolute atomic E-state index is 11.3. The SMILES string of the molecule is O=P(O)(O)CC1OC1c1ncn(C(c2ccccc2)(c2ccccc2)c2ccccc2)n1. The number of hydrogen-bond acceptors (Lipinski definition) is 4. The quantitative estimate of drug-likeness (QED) is 0.254. The summed E-state index contributed by atoms with van der Waals surface area (Å²) in [5.74, 6) is 0.413. The van der Waals surface area contributed by atoms with E-state index < -0.39 is 25.3 Å². The molecule has 1 aliphatic rings. The van der Waals surface area contributed by atoms with E-state index in [0.717, 1.165) is 16.7 Å². The van der Waals surface area contributed by atoms with E-state index in [9.17, 15) is 14.4 Å². The van der Waals surface area contributed by atoms with E-state index in [1.807, 2.05) is 59.3 Å². The molecule has 1 aliphatic heterocycles. The summed E-state index contributed by atoms with van der Waals surface area (Å²) in [6, 6.07) is 30.3. The Balaban J connectivity index is 1.67. The van der Waals surface area contributed by atoms with Crippen molar-refractivity contribution in [3.63, 3.8) is 0 Å². The summed E-state index contributed by atoms with van der Waals surface area (Å²) in [5.41, 5.74) is 2.25. The van der Waals surface area contributed by atoms with Gasteiger partial charge in [-0.05, 0) is 16.7 Å². The van der Waals surface area contributed by atoms with Gasteiger partial charge in [0.1, 0.15) is 24.1 Å². The third-order valence-corrected chi connectivity index (χ3v) is 6.52. The molecule has 0 bridgehead atoms. The van der Waals surface area contributed by atoms with Crippen LogP contribution in [0, 0.1) is 0 Å². The molecule has 162 valence electrons. The van der Waals surface area contributed by atoms with Crippen LogP contribution in [0.1, 0.15) is 28.6 Å². The van der Waals surface area contributed by atoms with Gasteiger partial charge in [-0.15, -0.1) is 0 Å². The van der Waals surface area contributed by atoms with Crippen LogP contribution in [-0.2, 0) is 14.8 Å². The highest BCUT2D eigenvalue weighted by Gasteiger charge is 2.48. The molecule has 1 aromatic heterocycles. The first-order valence-corrected chi connectivity index (χ1v) is 12.1. The highest BCUT2D eigenvalue weighted by molar-refractivity contribution is 7.51. The van der Waals surface area contributed by atoms with E-state index in [1.165, 1.54) is 0 Å². The maximum atomic E-state index is 11.3. The van der Waals surface area contributed by atoms with E-state index in [4.69, 9.17) is 9.84 Å². The van der Waals surface area contributed by atoms with Gasteiger partial charge in [0, 0.05) is 0 Å². The number of benzene rings is 3. The number of aromatic nitrogens is 3. The molecule has 0 amide bonds. The molecule has 0 aliphatic carbocycles. The zero-order valence-electron chi connectivity index (χ0n) is 17.1. The Morgan fingerprint density at radius 3 is 1.75 bits per heavy atom. The van der Waals surface area contributed by atoms with Crippen LogP contribution >= 0.6 is 7.60 Å². The average Bonchev–Trinajstić information content (AvgIpc) is 3.37. The smallest absolute Gasteiger partial charge is 0.328 e. The second-order valence-electron chi connectivity index (χ2n) is 7.80. The third-order valence-electron chi connectivity index (χ3n) is 5.68. The average molecular weight is 447 g/mol. The Labute approximate surface area is 185 Å². The van der Waals surface area contributed by atoms with Gasteiger partial charge >= 0.3 is 7.60 Å². The molecule has 7 nitrogen and oxygen atoms in total. The van der Waals surface area contributed by atoms with E-state index in [2.05, 4.69) is 41.4 Å². The van der Waals surface area contributed by atoms with Crippen LogP contribution in [0.3, 0.4) is 0 Å². The van der Waals surface area contributed by atoms with Gasteiger partial charge in [0.15, 0.2) is 5.82 Å². The molecule has 3 aromatic carbocycles. The fraction of sp³-hybridized carbons (Fsp3) is 0.167. The van der Waals surface area contributed by atoms with E-state index >= 15 is 0 Å². The van der Waals surface area contributed by atoms with Crippen LogP contribution in [0.25, 0.3) is 0 Å². The standard InChI is InChI=1S/C24H22N3O4P/c28-32(29,30)16-21-22(31-21)23-25-17-27(26-23)24(18-10-4-1-5-11-18,19-12-6-2-7-13-19)20-14-8-3-9-15-20/h1-15,17,21-22H,16H2,(H2,28,29,30). The Bertz CT molecular complexity index is 1150. The Morgan fingerprint density at radius 2 is 1.31 bits per heavy atom. The molecule has 0 spiro atoms. The summed E-state index contributed by atoms with van der Waals surface area (Å²) in [6.45, 7) is 0. The molecule has 1 saturated heterocycles. The van der Waals surface area contributed by atoms with E-state index in [0.29, 0.717) is 5.82 Å². The maximum Gasteiger partial charge on any atom is 0.328 e. The lowest BCUT2D eigenvalue weighted by molar-refractivity contribution is 0.347. The fourth-order valence-electron chi connectivity index (χ4n) is 4.25. The summed E-state index contributed by atoms with van der Waals surface area (Å²) < 4.78 is 18.7. The Hall–Kier alpha value is -3.09. The van der Waals surface area contributed by atoms with Crippen molar-refractivity contribution in [2.24, 2.45) is 0 Å². The topological polar surface area (TPSA) is 101 Å². The molecule has 8 heteroatoms. The molecule has 0 radical (unpaired) electrons. The normalized spacial score (nSPS) is 18.4. The van der Waals surface area contributed by atoms with Crippen LogP contribution in [0.5, 0.6) is 0 Å². The molecule has 32 heavy (non-hydrogen) atoms. The number of epoxide rings is 1. The first-order valence-electron chi connectivity index (χ1n) is 10.3. The molecule has 0 saturated carbocycles. The number of rotatable bonds is 7. The minimum absolute atomic E-state index is 0.340. The van der Waals surface area contributed by atoms with Crippen LogP contribution in [0.15, 0.2) is 97.3 Å². The van der Waals surface area contributed by atoms with Crippen LogP contribution in [-0.4, -0.2) is 36.8 Å². The summed E-state index contributed by atoms with van der Waals surface area (Å²) in [5, 5.41) is 4.78. The summed E-state index contributed by atoms with van der Waals surface area (Å²) >= 11 is 0. The van der Waals surface area contributed by atoms with Crippen molar-refractivity contribution in [2.45, 2.75) is 17.7 Å². The largest absolute Gasteiger partial charge is 0.360 e. The van der Waals surface area contributed by atoms with Crippen molar-refractivity contribution < 1.29 is 19.1 Å². The molecule has 2 heterocycles. The van der Waals surface area contributed by atoms with Gasteiger partial charge in [0.05, 0.1) is 6.16 Å². The molecular weight excluding hydrogens is 425 g/mol. The zero-order chi connectivity index (χ0) is 22.2. The lowest BCUT2D eigenvalue weighted by atomic mass is 9.77. The lowest BCUT2D eigenvalue weighted by Gasteiger charge is -2.35. The number of hydrogen-bond donors (Lipinski definition) is 2. The predicted molar refractivity (Wildman–Crippen MR) is 119 cm³/mol. The van der Waals surface area contributed by atoms with Gasteiger partial charge in [-0.1, -0.05) is 91.0 Å². The van der Waals surface area contributed by atoms with Gasteiger partial charge in [0.25, 0.3) is 0 Å². The van der Waals surface area contributed by atoms with Crippen molar-refractivity contribution in [2.75, 3.05) is 6.16 Å². The van der Waals surface area contributed by atoms with Crippen molar-refractivity contribution in [3.8, 4) is 0 Å². The van der Waals surface area contributed by atoms with Gasteiger partial charge in [0.2, 0.25) is 0 Å². The summed E-state index contributed by atoms with van der Waals surface area (Å²) in [7, 11) is -4.17. The summed E-state index contributed by atoms with van der Waals surface area (Å²) in [6.07, 6.45) is 0.224. The monoisotopic (exact) mass is 447 g/mol. The number of nitrogens with zero attached hydrogens (tertiary/aromatic N) is 3. The van der Waals surface area contributed by atoms with Crippen molar-refractivity contribution in [1.29, 1.82) is 0 Å². The van der Waals surface area contributed by atoms with Crippen molar-refractivity contribution >= 4 is 7.60 Å². The number of ether oxygens (including phenoxy) is 1. The van der Waals surface area contributed by atoms with Gasteiger partial charge < -0.3 is 14.5 Å². The molecule has 2 atom stereocenters. The van der Waals surface area contributed by atoms with E-state index in [-0.39, 0.29) is 6.16 Å². The highest BCUT2D eigenvalue weighted by Crippen LogP contribution is 2.47. The highest BCUT2D eigenvalue weighted by atomic mass is 31.2. The van der Waals surface area contributed by atoms with Gasteiger partial charge in [-0.3, -0.25) is 4.57 Å². The summed E-state index contributed by atoms with van der Waals surface area (Å²) in [4.78, 5) is 23.0. The Kier molecular flexibility index (Phi) is 5.27. The van der Waals surface area contributed by atoms with Crippen LogP contribution in [0.4, 0.5) is 0 Å². The second-order valence-corrected chi connectivity index (χ2v) is 9.49. The molecule has 2 N–H and O–H groups in total.